The van der Waals surface area contributed by atoms with E-state index in [4.69, 9.17) is 9.26 Å². The van der Waals surface area contributed by atoms with Gasteiger partial charge in [-0.3, -0.25) is 9.69 Å². The van der Waals surface area contributed by atoms with Crippen LogP contribution in [0.1, 0.15) is 39.4 Å². The van der Waals surface area contributed by atoms with Crippen LogP contribution in [0, 0.1) is 19.7 Å². The van der Waals surface area contributed by atoms with Crippen molar-refractivity contribution in [1.82, 2.24) is 15.0 Å². The number of amides is 1. The first kappa shape index (κ1) is 22.0. The maximum Gasteiger partial charge on any atom is 0.254 e. The average molecular weight is 438 g/mol. The molecule has 0 spiro atoms. The molecule has 1 amide bonds. The summed E-state index contributed by atoms with van der Waals surface area (Å²) in [4.78, 5) is 17.3. The molecule has 1 aliphatic rings. The zero-order chi connectivity index (χ0) is 22.5. The van der Waals surface area contributed by atoms with Gasteiger partial charge in [0, 0.05) is 38.3 Å². The molecule has 0 bridgehead atoms. The van der Waals surface area contributed by atoms with E-state index in [1.165, 1.54) is 12.1 Å². The zero-order valence-corrected chi connectivity index (χ0v) is 18.5. The maximum absolute atomic E-state index is 13.1. The summed E-state index contributed by atoms with van der Waals surface area (Å²) in [5, 5.41) is 3.94. The summed E-state index contributed by atoms with van der Waals surface area (Å²) in [5.74, 6) is 1.17. The van der Waals surface area contributed by atoms with Gasteiger partial charge >= 0.3 is 0 Å². The molecule has 0 radical (unpaired) electrons. The Hall–Kier alpha value is -3.19. The third-order valence-corrected chi connectivity index (χ3v) is 5.84. The minimum absolute atomic E-state index is 0.0106. The van der Waals surface area contributed by atoms with Crippen molar-refractivity contribution in [2.75, 3.05) is 26.2 Å². The molecular weight excluding hydrogens is 409 g/mol. The van der Waals surface area contributed by atoms with Gasteiger partial charge in [0.2, 0.25) is 0 Å². The van der Waals surface area contributed by atoms with Crippen molar-refractivity contribution in [2.24, 2.45) is 0 Å². The predicted octanol–water partition coefficient (Wildman–Crippen LogP) is 4.36. The Balaban J connectivity index is 1.35. The van der Waals surface area contributed by atoms with Gasteiger partial charge in [-0.1, -0.05) is 23.4 Å². The van der Waals surface area contributed by atoms with Crippen molar-refractivity contribution in [2.45, 2.75) is 33.4 Å². The van der Waals surface area contributed by atoms with Gasteiger partial charge in [-0.25, -0.2) is 4.39 Å². The van der Waals surface area contributed by atoms with Gasteiger partial charge in [-0.15, -0.1) is 0 Å². The predicted molar refractivity (Wildman–Crippen MR) is 119 cm³/mol. The summed E-state index contributed by atoms with van der Waals surface area (Å²) >= 11 is 0. The fraction of sp³-hybridized carbons (Fsp3) is 0.360. The van der Waals surface area contributed by atoms with Crippen molar-refractivity contribution >= 4 is 5.91 Å². The first-order valence-corrected chi connectivity index (χ1v) is 10.9. The van der Waals surface area contributed by atoms with Gasteiger partial charge in [0.05, 0.1) is 11.3 Å². The largest absolute Gasteiger partial charge is 0.489 e. The molecule has 0 aliphatic carbocycles. The molecule has 3 aromatic rings. The summed E-state index contributed by atoms with van der Waals surface area (Å²) in [7, 11) is 0. The lowest BCUT2D eigenvalue weighted by molar-refractivity contribution is 0.0760. The number of hydrogen-bond donors (Lipinski definition) is 0. The highest BCUT2D eigenvalue weighted by molar-refractivity contribution is 5.94. The minimum Gasteiger partial charge on any atom is -0.489 e. The first-order valence-electron chi connectivity index (χ1n) is 10.9. The Morgan fingerprint density at radius 3 is 2.66 bits per heavy atom. The molecule has 1 saturated heterocycles. The smallest absolute Gasteiger partial charge is 0.254 e. The molecule has 0 atom stereocenters. The van der Waals surface area contributed by atoms with E-state index in [2.05, 4.69) is 10.1 Å². The molecule has 4 rings (SSSR count). The lowest BCUT2D eigenvalue weighted by Crippen LogP contribution is -2.35. The SMILES string of the molecule is Cc1noc(C)c1COc1cccc(C(=O)N2CCCN(Cc3ccc(F)cc3)CC2)c1. The highest BCUT2D eigenvalue weighted by Gasteiger charge is 2.21. The molecule has 2 aromatic carbocycles. The summed E-state index contributed by atoms with van der Waals surface area (Å²) < 4.78 is 24.2. The second kappa shape index (κ2) is 9.96. The Morgan fingerprint density at radius 2 is 1.91 bits per heavy atom. The fourth-order valence-electron chi connectivity index (χ4n) is 3.95. The Bertz CT molecular complexity index is 1050. The third kappa shape index (κ3) is 5.34. The lowest BCUT2D eigenvalue weighted by atomic mass is 10.1. The summed E-state index contributed by atoms with van der Waals surface area (Å²) in [6.45, 7) is 7.90. The van der Waals surface area contributed by atoms with E-state index in [0.717, 1.165) is 48.6 Å². The van der Waals surface area contributed by atoms with Crippen LogP contribution in [0.4, 0.5) is 4.39 Å². The van der Waals surface area contributed by atoms with Crippen LogP contribution in [0.25, 0.3) is 0 Å². The van der Waals surface area contributed by atoms with Crippen molar-refractivity contribution in [1.29, 1.82) is 0 Å². The Labute approximate surface area is 187 Å². The van der Waals surface area contributed by atoms with Gasteiger partial charge < -0.3 is 14.2 Å². The van der Waals surface area contributed by atoms with E-state index < -0.39 is 0 Å². The van der Waals surface area contributed by atoms with Crippen molar-refractivity contribution in [3.63, 3.8) is 0 Å². The molecule has 7 heteroatoms. The monoisotopic (exact) mass is 437 g/mol. The molecule has 6 nitrogen and oxygen atoms in total. The summed E-state index contributed by atoms with van der Waals surface area (Å²) in [6.07, 6.45) is 0.898. The van der Waals surface area contributed by atoms with Crippen LogP contribution >= 0.6 is 0 Å². The van der Waals surface area contributed by atoms with E-state index in [1.54, 1.807) is 6.07 Å². The standard InChI is InChI=1S/C25H28FN3O3/c1-18-24(19(2)32-27-18)17-31-23-6-3-5-21(15-23)25(30)29-12-4-11-28(13-14-29)16-20-7-9-22(26)10-8-20/h3,5-10,15H,4,11-14,16-17H2,1-2H3. The average Bonchev–Trinajstić information content (AvgIpc) is 2.98. The Morgan fingerprint density at radius 1 is 1.09 bits per heavy atom. The van der Waals surface area contributed by atoms with E-state index in [9.17, 15) is 9.18 Å². The first-order chi connectivity index (χ1) is 15.5. The number of nitrogens with zero attached hydrogens (tertiary/aromatic N) is 3. The van der Waals surface area contributed by atoms with Crippen LogP contribution in [0.15, 0.2) is 53.1 Å². The summed E-state index contributed by atoms with van der Waals surface area (Å²) in [6, 6.07) is 13.9. The number of carbonyl (C=O) groups is 1. The van der Waals surface area contributed by atoms with E-state index >= 15 is 0 Å². The molecule has 2 heterocycles. The third-order valence-electron chi connectivity index (χ3n) is 5.84. The number of hydrogen-bond acceptors (Lipinski definition) is 5. The second-order valence-corrected chi connectivity index (χ2v) is 8.17. The van der Waals surface area contributed by atoms with Crippen LogP contribution < -0.4 is 4.74 Å². The quantitative estimate of drug-likeness (QED) is 0.574. The van der Waals surface area contributed by atoms with Gasteiger partial charge in [0.1, 0.15) is 23.9 Å². The van der Waals surface area contributed by atoms with Crippen molar-refractivity contribution < 1.29 is 18.4 Å². The lowest BCUT2D eigenvalue weighted by Gasteiger charge is -2.22. The number of halogens is 1. The van der Waals surface area contributed by atoms with Crippen LogP contribution in [0.5, 0.6) is 5.75 Å². The van der Waals surface area contributed by atoms with Gasteiger partial charge in [-0.2, -0.15) is 0 Å². The highest BCUT2D eigenvalue weighted by Crippen LogP contribution is 2.20. The van der Waals surface area contributed by atoms with Gasteiger partial charge in [0.25, 0.3) is 5.91 Å². The zero-order valence-electron chi connectivity index (χ0n) is 18.5. The highest BCUT2D eigenvalue weighted by atomic mass is 19.1. The molecule has 0 N–H and O–H groups in total. The number of aromatic nitrogens is 1. The number of carbonyl (C=O) groups excluding carboxylic acids is 1. The van der Waals surface area contributed by atoms with Crippen LogP contribution in [-0.2, 0) is 13.2 Å². The van der Waals surface area contributed by atoms with Gasteiger partial charge in [-0.05, 0) is 56.2 Å². The molecular formula is C25H28FN3O3. The normalized spacial score (nSPS) is 14.9. The van der Waals surface area contributed by atoms with E-state index in [1.807, 2.05) is 49.1 Å². The van der Waals surface area contributed by atoms with Crippen LogP contribution in [-0.4, -0.2) is 47.0 Å². The molecule has 1 aromatic heterocycles. The second-order valence-electron chi connectivity index (χ2n) is 8.17. The minimum atomic E-state index is -0.223. The van der Waals surface area contributed by atoms with Crippen molar-refractivity contribution in [3.05, 3.63) is 82.5 Å². The molecule has 0 saturated carbocycles. The van der Waals surface area contributed by atoms with Gasteiger partial charge in [0.15, 0.2) is 0 Å². The molecule has 1 fully saturated rings. The van der Waals surface area contributed by atoms with Crippen molar-refractivity contribution in [3.8, 4) is 5.75 Å². The fourth-order valence-corrected chi connectivity index (χ4v) is 3.95. The number of benzene rings is 2. The number of aryl methyl sites for hydroxylation is 2. The number of ether oxygens (including phenoxy) is 1. The molecule has 1 aliphatic heterocycles. The van der Waals surface area contributed by atoms with E-state index in [-0.39, 0.29) is 11.7 Å². The molecule has 32 heavy (non-hydrogen) atoms. The van der Waals surface area contributed by atoms with Crippen LogP contribution in [0.2, 0.25) is 0 Å². The maximum atomic E-state index is 13.1. The van der Waals surface area contributed by atoms with Crippen LogP contribution in [0.3, 0.4) is 0 Å². The topological polar surface area (TPSA) is 58.8 Å². The summed E-state index contributed by atoms with van der Waals surface area (Å²) in [5.41, 5.74) is 3.43. The molecule has 0 unspecified atom stereocenters. The molecule has 168 valence electrons. The van der Waals surface area contributed by atoms with E-state index in [0.29, 0.717) is 31.0 Å². The number of rotatable bonds is 6. The Kier molecular flexibility index (Phi) is 6.85.